The molecule has 0 aromatic rings. The average molecular weight is 375 g/mol. The lowest BCUT2D eigenvalue weighted by Gasteiger charge is -2.13. The Bertz CT molecular complexity index is 345. The first kappa shape index (κ1) is 24.9. The number of methoxy groups -OCH3 is 2. The molecule has 0 heterocycles. The molecular weight excluding hydrogens is 336 g/mol. The molecule has 0 N–H and O–H groups in total. The van der Waals surface area contributed by atoms with Gasteiger partial charge in [-0.05, 0) is 44.4 Å². The van der Waals surface area contributed by atoms with Gasteiger partial charge < -0.3 is 18.9 Å². The fraction of sp³-hybridized carbons (Fsp3) is 0.900. The highest BCUT2D eigenvalue weighted by Crippen LogP contribution is 2.12. The van der Waals surface area contributed by atoms with Crippen molar-refractivity contribution in [1.29, 1.82) is 0 Å². The summed E-state index contributed by atoms with van der Waals surface area (Å²) in [6.45, 7) is 4.55. The predicted octanol–water partition coefficient (Wildman–Crippen LogP) is 3.90. The van der Waals surface area contributed by atoms with Crippen LogP contribution < -0.4 is 0 Å². The Hall–Kier alpha value is -1.14. The quantitative estimate of drug-likeness (QED) is 0.268. The van der Waals surface area contributed by atoms with Crippen LogP contribution in [0.2, 0.25) is 0 Å². The van der Waals surface area contributed by atoms with Gasteiger partial charge in [-0.2, -0.15) is 0 Å². The third kappa shape index (κ3) is 16.3. The topological polar surface area (TPSA) is 71.1 Å². The van der Waals surface area contributed by atoms with Crippen molar-refractivity contribution in [1.82, 2.24) is 0 Å². The maximum absolute atomic E-state index is 11.6. The molecule has 0 bridgehead atoms. The monoisotopic (exact) mass is 374 g/mol. The van der Waals surface area contributed by atoms with Crippen molar-refractivity contribution in [2.75, 3.05) is 40.6 Å². The molecule has 6 nitrogen and oxygen atoms in total. The van der Waals surface area contributed by atoms with E-state index in [2.05, 4.69) is 6.92 Å². The number of rotatable bonds is 18. The van der Waals surface area contributed by atoms with E-state index in [-0.39, 0.29) is 24.8 Å². The third-order valence-electron chi connectivity index (χ3n) is 4.29. The first-order chi connectivity index (χ1) is 12.6. The lowest BCUT2D eigenvalue weighted by Crippen LogP contribution is -2.12. The second-order valence-electron chi connectivity index (χ2n) is 6.57. The molecule has 0 aromatic carbocycles. The molecule has 0 saturated heterocycles. The Morgan fingerprint density at radius 1 is 0.731 bits per heavy atom. The molecule has 0 aliphatic heterocycles. The molecule has 1 atom stereocenters. The van der Waals surface area contributed by atoms with Crippen LogP contribution in [0, 0.1) is 5.92 Å². The molecule has 26 heavy (non-hydrogen) atoms. The highest BCUT2D eigenvalue weighted by molar-refractivity contribution is 5.77. The number of carbonyl (C=O) groups is 2. The van der Waals surface area contributed by atoms with E-state index >= 15 is 0 Å². The molecule has 154 valence electrons. The predicted molar refractivity (Wildman–Crippen MR) is 101 cm³/mol. The van der Waals surface area contributed by atoms with Crippen LogP contribution in [-0.4, -0.2) is 52.6 Å². The number of unbranched alkanes of at least 4 members (excludes halogenated alkanes) is 4. The minimum atomic E-state index is -0.329. The van der Waals surface area contributed by atoms with Gasteiger partial charge in [0.1, 0.15) is 0 Å². The molecule has 0 spiro atoms. The average Bonchev–Trinajstić information content (AvgIpc) is 2.64. The van der Waals surface area contributed by atoms with Crippen molar-refractivity contribution in [3.05, 3.63) is 0 Å². The smallest absolute Gasteiger partial charge is 0.306 e. The first-order valence-electron chi connectivity index (χ1n) is 9.93. The van der Waals surface area contributed by atoms with Gasteiger partial charge in [0.05, 0.1) is 26.1 Å². The number of ether oxygens (including phenoxy) is 4. The van der Waals surface area contributed by atoms with Crippen LogP contribution >= 0.6 is 0 Å². The van der Waals surface area contributed by atoms with Crippen molar-refractivity contribution < 1.29 is 28.5 Å². The van der Waals surface area contributed by atoms with E-state index in [0.29, 0.717) is 19.1 Å². The van der Waals surface area contributed by atoms with Crippen LogP contribution in [0.1, 0.15) is 71.1 Å². The Balaban J connectivity index is 3.48. The summed E-state index contributed by atoms with van der Waals surface area (Å²) in [6.07, 6.45) is 8.19. The summed E-state index contributed by atoms with van der Waals surface area (Å²) >= 11 is 0. The molecular formula is C20H38O6. The molecule has 0 saturated carbocycles. The number of hydrogen-bond donors (Lipinski definition) is 0. The zero-order valence-electron chi connectivity index (χ0n) is 16.9. The molecule has 0 radical (unpaired) electrons. The minimum absolute atomic E-state index is 0.0912. The van der Waals surface area contributed by atoms with Crippen LogP contribution in [0.25, 0.3) is 0 Å². The highest BCUT2D eigenvalue weighted by Gasteiger charge is 2.10. The fourth-order valence-electron chi connectivity index (χ4n) is 2.60. The van der Waals surface area contributed by atoms with Crippen molar-refractivity contribution in [3.63, 3.8) is 0 Å². The van der Waals surface area contributed by atoms with E-state index < -0.39 is 0 Å². The van der Waals surface area contributed by atoms with Gasteiger partial charge >= 0.3 is 11.9 Å². The second-order valence-corrected chi connectivity index (χ2v) is 6.57. The van der Waals surface area contributed by atoms with E-state index in [1.807, 2.05) is 0 Å². The lowest BCUT2D eigenvalue weighted by atomic mass is 10.0. The van der Waals surface area contributed by atoms with Crippen LogP contribution in [0.5, 0.6) is 0 Å². The molecule has 0 aromatic heterocycles. The molecule has 0 fully saturated rings. The highest BCUT2D eigenvalue weighted by atomic mass is 16.5. The lowest BCUT2D eigenvalue weighted by molar-refractivity contribution is -0.150. The van der Waals surface area contributed by atoms with E-state index in [9.17, 15) is 9.59 Å². The zero-order chi connectivity index (χ0) is 19.5. The van der Waals surface area contributed by atoms with Crippen LogP contribution in [0.15, 0.2) is 0 Å². The SMILES string of the molecule is CCC(CCCCOC(=O)CCC(=O)OCCCCCCOC)COC. The molecule has 6 heteroatoms. The maximum atomic E-state index is 11.6. The van der Waals surface area contributed by atoms with Gasteiger partial charge in [0.25, 0.3) is 0 Å². The van der Waals surface area contributed by atoms with Crippen molar-refractivity contribution in [3.8, 4) is 0 Å². The minimum Gasteiger partial charge on any atom is -0.466 e. The van der Waals surface area contributed by atoms with E-state index in [4.69, 9.17) is 18.9 Å². The second kappa shape index (κ2) is 18.6. The largest absolute Gasteiger partial charge is 0.466 e. The standard InChI is InChI=1S/C20H38O6/c1-4-18(17-24-3)11-7-10-16-26-20(22)13-12-19(21)25-15-9-6-5-8-14-23-2/h18H,4-17H2,1-3H3. The Morgan fingerprint density at radius 3 is 1.77 bits per heavy atom. The number of hydrogen-bond acceptors (Lipinski definition) is 6. The van der Waals surface area contributed by atoms with Crippen molar-refractivity contribution >= 4 is 11.9 Å². The molecule has 0 aliphatic carbocycles. The Morgan fingerprint density at radius 2 is 1.27 bits per heavy atom. The van der Waals surface area contributed by atoms with Crippen LogP contribution in [0.3, 0.4) is 0 Å². The maximum Gasteiger partial charge on any atom is 0.306 e. The van der Waals surface area contributed by atoms with Gasteiger partial charge in [-0.15, -0.1) is 0 Å². The number of carbonyl (C=O) groups excluding carboxylic acids is 2. The van der Waals surface area contributed by atoms with Crippen molar-refractivity contribution in [2.45, 2.75) is 71.1 Å². The van der Waals surface area contributed by atoms with Gasteiger partial charge in [0.15, 0.2) is 0 Å². The zero-order valence-corrected chi connectivity index (χ0v) is 16.9. The summed E-state index contributed by atoms with van der Waals surface area (Å²) in [5.41, 5.74) is 0. The summed E-state index contributed by atoms with van der Waals surface area (Å²) in [7, 11) is 3.41. The van der Waals surface area contributed by atoms with Gasteiger partial charge in [-0.3, -0.25) is 9.59 Å². The van der Waals surface area contributed by atoms with Crippen molar-refractivity contribution in [2.24, 2.45) is 5.92 Å². The number of esters is 2. The summed E-state index contributed by atoms with van der Waals surface area (Å²) in [6, 6.07) is 0. The summed E-state index contributed by atoms with van der Waals surface area (Å²) in [4.78, 5) is 23.2. The van der Waals surface area contributed by atoms with Gasteiger partial charge in [0, 0.05) is 27.4 Å². The van der Waals surface area contributed by atoms with E-state index in [0.717, 1.165) is 64.6 Å². The molecule has 0 aliphatic rings. The summed E-state index contributed by atoms with van der Waals surface area (Å²) < 4.78 is 20.4. The Kier molecular flexibility index (Phi) is 17.8. The first-order valence-corrected chi connectivity index (χ1v) is 9.93. The summed E-state index contributed by atoms with van der Waals surface area (Å²) in [5.74, 6) is -0.0832. The Labute approximate surface area is 158 Å². The van der Waals surface area contributed by atoms with Gasteiger partial charge in [-0.1, -0.05) is 19.8 Å². The molecule has 1 unspecified atom stereocenters. The van der Waals surface area contributed by atoms with Crippen LogP contribution in [-0.2, 0) is 28.5 Å². The normalized spacial score (nSPS) is 12.0. The molecule has 0 rings (SSSR count). The third-order valence-corrected chi connectivity index (χ3v) is 4.29. The summed E-state index contributed by atoms with van der Waals surface area (Å²) in [5, 5.41) is 0. The fourth-order valence-corrected chi connectivity index (χ4v) is 2.60. The molecule has 0 amide bonds. The van der Waals surface area contributed by atoms with Gasteiger partial charge in [0.2, 0.25) is 0 Å². The van der Waals surface area contributed by atoms with E-state index in [1.54, 1.807) is 14.2 Å². The van der Waals surface area contributed by atoms with Gasteiger partial charge in [-0.25, -0.2) is 0 Å². The van der Waals surface area contributed by atoms with E-state index in [1.165, 1.54) is 0 Å². The van der Waals surface area contributed by atoms with Crippen LogP contribution in [0.4, 0.5) is 0 Å².